The molecule has 16 heavy (non-hydrogen) atoms. The van der Waals surface area contributed by atoms with Crippen LogP contribution < -0.4 is 5.32 Å². The Morgan fingerprint density at radius 2 is 2.31 bits per heavy atom. The molecule has 90 valence electrons. The van der Waals surface area contributed by atoms with E-state index in [1.807, 2.05) is 19.9 Å². The number of amides is 1. The molecule has 1 rings (SSSR count). The molecule has 4 nitrogen and oxygen atoms in total. The Labute approximate surface area is 96.0 Å². The summed E-state index contributed by atoms with van der Waals surface area (Å²) >= 11 is 0. The summed E-state index contributed by atoms with van der Waals surface area (Å²) < 4.78 is 10.5. The molecule has 0 aliphatic heterocycles. The van der Waals surface area contributed by atoms with Crippen molar-refractivity contribution in [1.82, 2.24) is 5.32 Å². The Kier molecular flexibility index (Phi) is 5.05. The van der Waals surface area contributed by atoms with Crippen LogP contribution in [0.1, 0.15) is 32.1 Å². The van der Waals surface area contributed by atoms with Gasteiger partial charge in [-0.05, 0) is 18.1 Å². The monoisotopic (exact) mass is 225 g/mol. The van der Waals surface area contributed by atoms with Crippen molar-refractivity contribution in [2.24, 2.45) is 5.92 Å². The van der Waals surface area contributed by atoms with Crippen LogP contribution in [-0.4, -0.2) is 19.6 Å². The zero-order chi connectivity index (χ0) is 12.0. The molecule has 4 heteroatoms. The van der Waals surface area contributed by atoms with Gasteiger partial charge in [-0.1, -0.05) is 13.8 Å². The fourth-order valence-electron chi connectivity index (χ4n) is 1.42. The summed E-state index contributed by atoms with van der Waals surface area (Å²) in [6.45, 7) is 4.47. The largest absolute Gasteiger partial charge is 0.467 e. The SMILES string of the molecule is COC(CNC(=O)CC(C)C)c1ccco1. The summed E-state index contributed by atoms with van der Waals surface area (Å²) in [6.07, 6.45) is 1.91. The van der Waals surface area contributed by atoms with E-state index in [1.54, 1.807) is 19.4 Å². The van der Waals surface area contributed by atoms with Gasteiger partial charge in [-0.25, -0.2) is 0 Å². The van der Waals surface area contributed by atoms with Crippen molar-refractivity contribution in [3.8, 4) is 0 Å². The van der Waals surface area contributed by atoms with Gasteiger partial charge in [-0.2, -0.15) is 0 Å². The minimum Gasteiger partial charge on any atom is -0.467 e. The number of methoxy groups -OCH3 is 1. The molecule has 1 amide bonds. The molecule has 0 bridgehead atoms. The topological polar surface area (TPSA) is 51.5 Å². The summed E-state index contributed by atoms with van der Waals surface area (Å²) in [6, 6.07) is 3.64. The second-order valence-electron chi connectivity index (χ2n) is 4.14. The van der Waals surface area contributed by atoms with Crippen molar-refractivity contribution < 1.29 is 13.9 Å². The van der Waals surface area contributed by atoms with Crippen LogP contribution in [0.4, 0.5) is 0 Å². The van der Waals surface area contributed by atoms with Crippen molar-refractivity contribution in [2.45, 2.75) is 26.4 Å². The fraction of sp³-hybridized carbons (Fsp3) is 0.583. The minimum atomic E-state index is -0.217. The predicted octanol–water partition coefficient (Wildman–Crippen LogP) is 2.13. The van der Waals surface area contributed by atoms with E-state index in [4.69, 9.17) is 9.15 Å². The van der Waals surface area contributed by atoms with Crippen LogP contribution in [0.15, 0.2) is 22.8 Å². The first-order valence-corrected chi connectivity index (χ1v) is 5.46. The third kappa shape index (κ3) is 4.06. The van der Waals surface area contributed by atoms with Crippen LogP contribution in [0.3, 0.4) is 0 Å². The van der Waals surface area contributed by atoms with Gasteiger partial charge >= 0.3 is 0 Å². The van der Waals surface area contributed by atoms with Crippen LogP contribution in [-0.2, 0) is 9.53 Å². The molecule has 1 aromatic rings. The first-order valence-electron chi connectivity index (χ1n) is 5.46. The first kappa shape index (κ1) is 12.8. The molecule has 1 aromatic heterocycles. The molecule has 0 saturated heterocycles. The standard InChI is InChI=1S/C12H19NO3/c1-9(2)7-12(14)13-8-11(15-3)10-5-4-6-16-10/h4-6,9,11H,7-8H2,1-3H3,(H,13,14). The lowest BCUT2D eigenvalue weighted by molar-refractivity contribution is -0.122. The van der Waals surface area contributed by atoms with Gasteiger partial charge in [0.2, 0.25) is 5.91 Å². The van der Waals surface area contributed by atoms with Crippen LogP contribution in [0.2, 0.25) is 0 Å². The van der Waals surface area contributed by atoms with E-state index < -0.39 is 0 Å². The third-order valence-corrected chi connectivity index (χ3v) is 2.22. The smallest absolute Gasteiger partial charge is 0.220 e. The second kappa shape index (κ2) is 6.33. The molecule has 0 aromatic carbocycles. The highest BCUT2D eigenvalue weighted by Gasteiger charge is 2.14. The summed E-state index contributed by atoms with van der Waals surface area (Å²) in [5, 5.41) is 2.83. The molecule has 1 N–H and O–H groups in total. The molecular weight excluding hydrogens is 206 g/mol. The minimum absolute atomic E-state index is 0.0450. The van der Waals surface area contributed by atoms with Crippen LogP contribution in [0.25, 0.3) is 0 Å². The Balaban J connectivity index is 2.38. The quantitative estimate of drug-likeness (QED) is 0.806. The number of hydrogen-bond acceptors (Lipinski definition) is 3. The van der Waals surface area contributed by atoms with E-state index in [9.17, 15) is 4.79 Å². The number of hydrogen-bond donors (Lipinski definition) is 1. The first-order chi connectivity index (χ1) is 7.63. The summed E-state index contributed by atoms with van der Waals surface area (Å²) in [5.41, 5.74) is 0. The van der Waals surface area contributed by atoms with E-state index >= 15 is 0 Å². The molecule has 0 spiro atoms. The van der Waals surface area contributed by atoms with Gasteiger partial charge in [-0.15, -0.1) is 0 Å². The lowest BCUT2D eigenvalue weighted by Gasteiger charge is -2.14. The number of rotatable bonds is 6. The summed E-state index contributed by atoms with van der Waals surface area (Å²) in [7, 11) is 1.60. The molecule has 0 aliphatic rings. The fourth-order valence-corrected chi connectivity index (χ4v) is 1.42. The van der Waals surface area contributed by atoms with E-state index in [1.165, 1.54) is 0 Å². The van der Waals surface area contributed by atoms with Crippen molar-refractivity contribution in [3.05, 3.63) is 24.2 Å². The number of carbonyl (C=O) groups excluding carboxylic acids is 1. The average Bonchev–Trinajstić information content (AvgIpc) is 2.71. The normalized spacial score (nSPS) is 12.8. The second-order valence-corrected chi connectivity index (χ2v) is 4.14. The van der Waals surface area contributed by atoms with Crippen LogP contribution in [0, 0.1) is 5.92 Å². The predicted molar refractivity (Wildman–Crippen MR) is 60.9 cm³/mol. The molecule has 1 heterocycles. The number of furan rings is 1. The maximum absolute atomic E-state index is 11.4. The van der Waals surface area contributed by atoms with Gasteiger partial charge in [0, 0.05) is 13.5 Å². The maximum Gasteiger partial charge on any atom is 0.220 e. The van der Waals surface area contributed by atoms with E-state index in [0.29, 0.717) is 18.9 Å². The van der Waals surface area contributed by atoms with E-state index in [0.717, 1.165) is 5.76 Å². The van der Waals surface area contributed by atoms with Gasteiger partial charge < -0.3 is 14.5 Å². The molecule has 0 radical (unpaired) electrons. The molecule has 1 atom stereocenters. The Morgan fingerprint density at radius 1 is 1.56 bits per heavy atom. The summed E-state index contributed by atoms with van der Waals surface area (Å²) in [4.78, 5) is 11.4. The molecule has 1 unspecified atom stereocenters. The lowest BCUT2D eigenvalue weighted by Crippen LogP contribution is -2.29. The average molecular weight is 225 g/mol. The zero-order valence-electron chi connectivity index (χ0n) is 10.0. The van der Waals surface area contributed by atoms with Crippen molar-refractivity contribution >= 4 is 5.91 Å². The Hall–Kier alpha value is -1.29. The van der Waals surface area contributed by atoms with Gasteiger partial charge in [0.25, 0.3) is 0 Å². The van der Waals surface area contributed by atoms with Gasteiger partial charge in [0.15, 0.2) is 0 Å². The number of ether oxygens (including phenoxy) is 1. The molecular formula is C12H19NO3. The lowest BCUT2D eigenvalue weighted by atomic mass is 10.1. The van der Waals surface area contributed by atoms with E-state index in [2.05, 4.69) is 5.32 Å². The van der Waals surface area contributed by atoms with Crippen molar-refractivity contribution in [3.63, 3.8) is 0 Å². The highest BCUT2D eigenvalue weighted by Crippen LogP contribution is 2.15. The van der Waals surface area contributed by atoms with Crippen LogP contribution >= 0.6 is 0 Å². The Morgan fingerprint density at radius 3 is 2.81 bits per heavy atom. The van der Waals surface area contributed by atoms with Crippen LogP contribution in [0.5, 0.6) is 0 Å². The number of carbonyl (C=O) groups is 1. The van der Waals surface area contributed by atoms with E-state index in [-0.39, 0.29) is 12.0 Å². The summed E-state index contributed by atoms with van der Waals surface area (Å²) in [5.74, 6) is 1.14. The third-order valence-electron chi connectivity index (χ3n) is 2.22. The van der Waals surface area contributed by atoms with Crippen molar-refractivity contribution in [2.75, 3.05) is 13.7 Å². The zero-order valence-corrected chi connectivity index (χ0v) is 10.0. The molecule has 0 aliphatic carbocycles. The van der Waals surface area contributed by atoms with Gasteiger partial charge in [0.05, 0.1) is 12.8 Å². The Bertz CT molecular complexity index is 306. The van der Waals surface area contributed by atoms with Crippen molar-refractivity contribution in [1.29, 1.82) is 0 Å². The maximum atomic E-state index is 11.4. The van der Waals surface area contributed by atoms with Gasteiger partial charge in [0.1, 0.15) is 11.9 Å². The number of nitrogens with one attached hydrogen (secondary N) is 1. The molecule has 0 saturated carbocycles. The highest BCUT2D eigenvalue weighted by molar-refractivity contribution is 5.76. The molecule has 0 fully saturated rings. The highest BCUT2D eigenvalue weighted by atomic mass is 16.5. The van der Waals surface area contributed by atoms with Gasteiger partial charge in [-0.3, -0.25) is 4.79 Å².